The number of amides is 3. The number of rotatable bonds is 12. The third-order valence-electron chi connectivity index (χ3n) is 2.86. The van der Waals surface area contributed by atoms with Crippen molar-refractivity contribution in [3.63, 3.8) is 0 Å². The molecule has 0 atom stereocenters. The first-order valence-electron chi connectivity index (χ1n) is 7.18. The van der Waals surface area contributed by atoms with Crippen molar-refractivity contribution < 1.29 is 33.8 Å². The Balaban J connectivity index is 1.93. The van der Waals surface area contributed by atoms with Crippen LogP contribution < -0.4 is 5.32 Å². The number of nitrogens with one attached hydrogen (secondary N) is 1. The molecule has 1 rings (SSSR count). The maximum absolute atomic E-state index is 11.5. The van der Waals surface area contributed by atoms with Crippen LogP contribution in [0.4, 0.5) is 0 Å². The number of aliphatic carboxylic acids is 1. The van der Waals surface area contributed by atoms with Crippen molar-refractivity contribution in [3.8, 4) is 0 Å². The van der Waals surface area contributed by atoms with Gasteiger partial charge in [-0.1, -0.05) is 0 Å². The van der Waals surface area contributed by atoms with E-state index in [1.807, 2.05) is 0 Å². The van der Waals surface area contributed by atoms with Gasteiger partial charge < -0.3 is 19.9 Å². The van der Waals surface area contributed by atoms with Gasteiger partial charge in [0, 0.05) is 31.7 Å². The summed E-state index contributed by atoms with van der Waals surface area (Å²) < 4.78 is 10.2. The van der Waals surface area contributed by atoms with Crippen LogP contribution in [-0.4, -0.2) is 73.2 Å². The molecule has 0 aromatic carbocycles. The molecule has 3 amide bonds. The molecule has 0 unspecified atom stereocenters. The van der Waals surface area contributed by atoms with E-state index in [0.717, 1.165) is 4.90 Å². The summed E-state index contributed by atoms with van der Waals surface area (Å²) in [6.07, 6.45) is 2.34. The summed E-state index contributed by atoms with van der Waals surface area (Å²) in [4.78, 5) is 45.3. The van der Waals surface area contributed by atoms with E-state index < -0.39 is 17.8 Å². The number of imide groups is 1. The molecule has 1 heterocycles. The number of ether oxygens (including phenoxy) is 2. The lowest BCUT2D eigenvalue weighted by Crippen LogP contribution is -2.35. The van der Waals surface area contributed by atoms with Crippen molar-refractivity contribution in [2.45, 2.75) is 12.8 Å². The van der Waals surface area contributed by atoms with Gasteiger partial charge in [0.25, 0.3) is 11.8 Å². The van der Waals surface area contributed by atoms with Crippen LogP contribution in [-0.2, 0) is 28.7 Å². The zero-order valence-corrected chi connectivity index (χ0v) is 12.7. The number of carboxylic acids is 1. The minimum atomic E-state index is -0.915. The summed E-state index contributed by atoms with van der Waals surface area (Å²) in [5.74, 6) is -2.01. The van der Waals surface area contributed by atoms with Crippen LogP contribution in [0.3, 0.4) is 0 Å². The Morgan fingerprint density at radius 1 is 1.00 bits per heavy atom. The normalized spacial score (nSPS) is 13.7. The van der Waals surface area contributed by atoms with Crippen molar-refractivity contribution in [1.82, 2.24) is 10.2 Å². The molecule has 23 heavy (non-hydrogen) atoms. The molecular formula is C14H20N2O7. The molecule has 0 spiro atoms. The topological polar surface area (TPSA) is 122 Å². The fourth-order valence-electron chi connectivity index (χ4n) is 1.70. The first kappa shape index (κ1) is 18.8. The van der Waals surface area contributed by atoms with Gasteiger partial charge in [0.1, 0.15) is 0 Å². The van der Waals surface area contributed by atoms with E-state index in [1.54, 1.807) is 0 Å². The Hall–Kier alpha value is -2.26. The van der Waals surface area contributed by atoms with Gasteiger partial charge in [-0.3, -0.25) is 24.1 Å². The molecule has 0 saturated carbocycles. The van der Waals surface area contributed by atoms with Crippen LogP contribution in [0.2, 0.25) is 0 Å². The summed E-state index contributed by atoms with van der Waals surface area (Å²) >= 11 is 0. The van der Waals surface area contributed by atoms with Crippen LogP contribution in [0, 0.1) is 0 Å². The molecule has 0 aliphatic carbocycles. The summed E-state index contributed by atoms with van der Waals surface area (Å²) in [6.45, 7) is 1.36. The fourth-order valence-corrected chi connectivity index (χ4v) is 1.70. The Morgan fingerprint density at radius 2 is 1.61 bits per heavy atom. The molecule has 1 aliphatic rings. The quantitative estimate of drug-likeness (QED) is 0.345. The lowest BCUT2D eigenvalue weighted by Gasteiger charge is -2.13. The molecule has 0 fully saturated rings. The van der Waals surface area contributed by atoms with Gasteiger partial charge in [0.15, 0.2) is 0 Å². The molecular weight excluding hydrogens is 308 g/mol. The van der Waals surface area contributed by atoms with Crippen LogP contribution in [0.1, 0.15) is 12.8 Å². The van der Waals surface area contributed by atoms with Crippen LogP contribution in [0.5, 0.6) is 0 Å². The van der Waals surface area contributed by atoms with Crippen molar-refractivity contribution in [2.75, 3.05) is 39.5 Å². The molecule has 1 aliphatic heterocycles. The van der Waals surface area contributed by atoms with Crippen LogP contribution in [0.25, 0.3) is 0 Å². The van der Waals surface area contributed by atoms with Gasteiger partial charge in [-0.15, -0.1) is 0 Å². The van der Waals surface area contributed by atoms with Crippen LogP contribution >= 0.6 is 0 Å². The lowest BCUT2D eigenvalue weighted by atomic mass is 10.3. The second kappa shape index (κ2) is 10.5. The van der Waals surface area contributed by atoms with E-state index in [2.05, 4.69) is 5.32 Å². The highest BCUT2D eigenvalue weighted by atomic mass is 16.5. The van der Waals surface area contributed by atoms with Gasteiger partial charge >= 0.3 is 5.97 Å². The predicted octanol–water partition coefficient (Wildman–Crippen LogP) is -1.07. The number of carbonyl (C=O) groups is 4. The molecule has 0 saturated heterocycles. The molecule has 128 valence electrons. The summed E-state index contributed by atoms with van der Waals surface area (Å²) in [6, 6.07) is 0. The zero-order valence-electron chi connectivity index (χ0n) is 12.7. The van der Waals surface area contributed by atoms with E-state index in [9.17, 15) is 19.2 Å². The van der Waals surface area contributed by atoms with Gasteiger partial charge in [0.2, 0.25) is 5.91 Å². The monoisotopic (exact) mass is 328 g/mol. The van der Waals surface area contributed by atoms with E-state index in [1.165, 1.54) is 12.2 Å². The van der Waals surface area contributed by atoms with Gasteiger partial charge in [-0.25, -0.2) is 0 Å². The molecule has 0 radical (unpaired) electrons. The minimum absolute atomic E-state index is 0.0391. The van der Waals surface area contributed by atoms with Crippen LogP contribution in [0.15, 0.2) is 12.2 Å². The fraction of sp³-hybridized carbons (Fsp3) is 0.571. The van der Waals surface area contributed by atoms with Gasteiger partial charge in [-0.2, -0.15) is 0 Å². The minimum Gasteiger partial charge on any atom is -0.481 e. The SMILES string of the molecule is O=C(O)CCOCCOCCNC(=O)CCN1C(=O)C=CC1=O. The Labute approximate surface area is 133 Å². The zero-order chi connectivity index (χ0) is 17.1. The van der Waals surface area contributed by atoms with Crippen molar-refractivity contribution >= 4 is 23.7 Å². The highest BCUT2D eigenvalue weighted by molar-refractivity contribution is 6.13. The predicted molar refractivity (Wildman–Crippen MR) is 77.4 cm³/mol. The molecule has 9 nitrogen and oxygen atoms in total. The Morgan fingerprint density at radius 3 is 2.22 bits per heavy atom. The van der Waals surface area contributed by atoms with Crippen molar-refractivity contribution in [3.05, 3.63) is 12.2 Å². The standard InChI is InChI=1S/C14H20N2O7/c17-11(3-6-16-12(18)1-2-13(16)19)15-5-8-23-10-9-22-7-4-14(20)21/h1-2H,3-10H2,(H,15,17)(H,20,21). The van der Waals surface area contributed by atoms with Gasteiger partial charge in [-0.05, 0) is 0 Å². The maximum atomic E-state index is 11.5. The number of carbonyl (C=O) groups excluding carboxylic acids is 3. The van der Waals surface area contributed by atoms with Gasteiger partial charge in [0.05, 0.1) is 32.8 Å². The smallest absolute Gasteiger partial charge is 0.305 e. The maximum Gasteiger partial charge on any atom is 0.305 e. The van der Waals surface area contributed by atoms with Crippen molar-refractivity contribution in [2.24, 2.45) is 0 Å². The average molecular weight is 328 g/mol. The van der Waals surface area contributed by atoms with E-state index in [0.29, 0.717) is 13.2 Å². The second-order valence-corrected chi connectivity index (χ2v) is 4.63. The Bertz CT molecular complexity index is 458. The third kappa shape index (κ3) is 8.07. The van der Waals surface area contributed by atoms with E-state index >= 15 is 0 Å². The summed E-state index contributed by atoms with van der Waals surface area (Å²) in [5.41, 5.74) is 0. The Kier molecular flexibility index (Phi) is 8.55. The molecule has 0 bridgehead atoms. The number of hydrogen-bond donors (Lipinski definition) is 2. The number of carboxylic acid groups (broad SMARTS) is 1. The third-order valence-corrected chi connectivity index (χ3v) is 2.86. The largest absolute Gasteiger partial charge is 0.481 e. The first-order valence-corrected chi connectivity index (χ1v) is 7.18. The van der Waals surface area contributed by atoms with E-state index in [4.69, 9.17) is 14.6 Å². The van der Waals surface area contributed by atoms with Crippen molar-refractivity contribution in [1.29, 1.82) is 0 Å². The number of hydrogen-bond acceptors (Lipinski definition) is 6. The number of nitrogens with zero attached hydrogens (tertiary/aromatic N) is 1. The summed E-state index contributed by atoms with van der Waals surface area (Å²) in [7, 11) is 0. The molecule has 2 N–H and O–H groups in total. The summed E-state index contributed by atoms with van der Waals surface area (Å²) in [5, 5.41) is 11.0. The first-order chi connectivity index (χ1) is 11.0. The highest BCUT2D eigenvalue weighted by Crippen LogP contribution is 2.03. The molecule has 9 heteroatoms. The van der Waals surface area contributed by atoms with E-state index in [-0.39, 0.29) is 45.1 Å². The molecule has 0 aromatic heterocycles. The average Bonchev–Trinajstić information content (AvgIpc) is 2.82. The molecule has 0 aromatic rings. The second-order valence-electron chi connectivity index (χ2n) is 4.63. The highest BCUT2D eigenvalue weighted by Gasteiger charge is 2.23. The lowest BCUT2D eigenvalue weighted by molar-refractivity contribution is -0.139.